The van der Waals surface area contributed by atoms with Crippen molar-refractivity contribution in [2.75, 3.05) is 0 Å². The van der Waals surface area contributed by atoms with Crippen LogP contribution in [-0.2, 0) is 18.8 Å². The van der Waals surface area contributed by atoms with Gasteiger partial charge in [0.25, 0.3) is 0 Å². The van der Waals surface area contributed by atoms with Crippen molar-refractivity contribution in [3.05, 3.63) is 32.8 Å². The zero-order chi connectivity index (χ0) is 18.2. The highest BCUT2D eigenvalue weighted by Gasteiger charge is 2.56. The van der Waals surface area contributed by atoms with Crippen LogP contribution in [0.15, 0.2) is 12.1 Å². The maximum Gasteiger partial charge on any atom is 0.348 e. The molecule has 2 rings (SSSR count). The van der Waals surface area contributed by atoms with Crippen molar-refractivity contribution in [2.45, 2.75) is 20.3 Å². The Bertz CT molecular complexity index is 696. The summed E-state index contributed by atoms with van der Waals surface area (Å²) in [5.74, 6) is -3.17. The summed E-state index contributed by atoms with van der Waals surface area (Å²) in [7, 11) is 1.89. The lowest BCUT2D eigenvalue weighted by Crippen LogP contribution is -2.53. The number of carbonyl (C=O) groups is 3. The van der Waals surface area contributed by atoms with Gasteiger partial charge >= 0.3 is 17.9 Å². The second kappa shape index (κ2) is 7.17. The van der Waals surface area contributed by atoms with Crippen molar-refractivity contribution in [2.24, 2.45) is 17.3 Å². The van der Waals surface area contributed by atoms with Gasteiger partial charge < -0.3 is 9.26 Å². The predicted octanol–water partition coefficient (Wildman–Crippen LogP) is 4.33. The highest BCUT2D eigenvalue weighted by molar-refractivity contribution is 7.10. The SMILES string of the molecule is CC1(C)[C@@H](C(=O)OP)C[C@H]1C(=O)OC(=O)c1c(Cl)cc(Cl)cc1Cl. The van der Waals surface area contributed by atoms with Gasteiger partial charge in [0.05, 0.1) is 36.9 Å². The van der Waals surface area contributed by atoms with Gasteiger partial charge in [-0.3, -0.25) is 9.59 Å². The Labute approximate surface area is 156 Å². The van der Waals surface area contributed by atoms with Crippen molar-refractivity contribution in [3.8, 4) is 0 Å². The maximum absolute atomic E-state index is 12.3. The number of esters is 2. The molecule has 0 bridgehead atoms. The standard InChI is InChI=1S/C15H14Cl3O5P/c1-15(2)7(5-8(15)13(20)23-24)12(19)22-14(21)11-9(17)3-6(16)4-10(11)18/h3-4,7-8H,5,24H2,1-2H3/t7-,8+/m0/s1. The van der Waals surface area contributed by atoms with Gasteiger partial charge in [0.1, 0.15) is 0 Å². The van der Waals surface area contributed by atoms with Crippen molar-refractivity contribution in [3.63, 3.8) is 0 Å². The van der Waals surface area contributed by atoms with Gasteiger partial charge in [-0.05, 0) is 24.0 Å². The molecular formula is C15H14Cl3O5P. The fraction of sp³-hybridized carbons (Fsp3) is 0.400. The van der Waals surface area contributed by atoms with E-state index < -0.39 is 35.2 Å². The molecule has 0 spiro atoms. The van der Waals surface area contributed by atoms with Crippen molar-refractivity contribution in [1.29, 1.82) is 0 Å². The van der Waals surface area contributed by atoms with Crippen molar-refractivity contribution < 1.29 is 23.6 Å². The fourth-order valence-corrected chi connectivity index (χ4v) is 3.89. The van der Waals surface area contributed by atoms with E-state index in [9.17, 15) is 14.4 Å². The largest absolute Gasteiger partial charge is 0.451 e. The smallest absolute Gasteiger partial charge is 0.348 e. The Balaban J connectivity index is 2.12. The minimum Gasteiger partial charge on any atom is -0.451 e. The molecule has 1 unspecified atom stereocenters. The van der Waals surface area contributed by atoms with Crippen LogP contribution in [-0.4, -0.2) is 17.9 Å². The summed E-state index contributed by atoms with van der Waals surface area (Å²) in [4.78, 5) is 36.1. The van der Waals surface area contributed by atoms with Gasteiger partial charge in [-0.25, -0.2) is 4.79 Å². The van der Waals surface area contributed by atoms with E-state index >= 15 is 0 Å². The molecule has 5 nitrogen and oxygen atoms in total. The zero-order valence-electron chi connectivity index (χ0n) is 12.8. The first-order valence-electron chi connectivity index (χ1n) is 6.90. The first-order chi connectivity index (χ1) is 11.1. The molecule has 0 aromatic heterocycles. The van der Waals surface area contributed by atoms with Crippen LogP contribution >= 0.6 is 44.3 Å². The van der Waals surface area contributed by atoms with E-state index in [1.54, 1.807) is 13.8 Å². The lowest BCUT2D eigenvalue weighted by atomic mass is 9.55. The summed E-state index contributed by atoms with van der Waals surface area (Å²) in [6.07, 6.45) is 0.244. The summed E-state index contributed by atoms with van der Waals surface area (Å²) in [5, 5.41) is 0.233. The second-order valence-electron chi connectivity index (χ2n) is 6.05. The van der Waals surface area contributed by atoms with Crippen molar-refractivity contribution >= 4 is 62.2 Å². The molecule has 0 N–H and O–H groups in total. The lowest BCUT2D eigenvalue weighted by Gasteiger charge is -2.48. The topological polar surface area (TPSA) is 69.7 Å². The zero-order valence-corrected chi connectivity index (χ0v) is 16.2. The third-order valence-corrected chi connectivity index (χ3v) is 5.40. The number of hydrogen-bond acceptors (Lipinski definition) is 5. The molecular weight excluding hydrogens is 397 g/mol. The highest BCUT2D eigenvalue weighted by atomic mass is 35.5. The summed E-state index contributed by atoms with van der Waals surface area (Å²) in [5.41, 5.74) is -0.812. The maximum atomic E-state index is 12.3. The fourth-order valence-electron chi connectivity index (χ4n) is 2.76. The molecule has 1 fully saturated rings. The molecule has 1 aliphatic rings. The van der Waals surface area contributed by atoms with Crippen LogP contribution in [0.25, 0.3) is 0 Å². The normalized spacial score (nSPS) is 21.6. The average molecular weight is 412 g/mol. The van der Waals surface area contributed by atoms with Crippen LogP contribution in [0.5, 0.6) is 0 Å². The van der Waals surface area contributed by atoms with Gasteiger partial charge in [-0.1, -0.05) is 48.7 Å². The van der Waals surface area contributed by atoms with E-state index in [0.29, 0.717) is 0 Å². The Morgan fingerprint density at radius 1 is 1.08 bits per heavy atom. The lowest BCUT2D eigenvalue weighted by molar-refractivity contribution is -0.169. The molecule has 1 aromatic carbocycles. The van der Waals surface area contributed by atoms with Crippen LogP contribution in [0.4, 0.5) is 0 Å². The third-order valence-electron chi connectivity index (χ3n) is 4.36. The van der Waals surface area contributed by atoms with Gasteiger partial charge in [0.15, 0.2) is 0 Å². The molecule has 24 heavy (non-hydrogen) atoms. The summed E-state index contributed by atoms with van der Waals surface area (Å²) in [6.45, 7) is 3.48. The third kappa shape index (κ3) is 3.55. The van der Waals surface area contributed by atoms with Gasteiger partial charge in [-0.2, -0.15) is 0 Å². The van der Waals surface area contributed by atoms with Crippen LogP contribution in [0.2, 0.25) is 15.1 Å². The average Bonchev–Trinajstić information content (AvgIpc) is 2.44. The number of hydrogen-bond donors (Lipinski definition) is 0. The van der Waals surface area contributed by atoms with E-state index in [1.807, 2.05) is 9.47 Å². The van der Waals surface area contributed by atoms with Gasteiger partial charge in [0, 0.05) is 5.02 Å². The first kappa shape index (κ1) is 19.5. The molecule has 1 saturated carbocycles. The number of benzene rings is 1. The number of carbonyl (C=O) groups excluding carboxylic acids is 3. The van der Waals surface area contributed by atoms with Crippen LogP contribution in [0, 0.1) is 17.3 Å². The molecule has 0 radical (unpaired) electrons. The number of ether oxygens (including phenoxy) is 1. The second-order valence-corrected chi connectivity index (χ2v) is 7.54. The molecule has 1 aliphatic carbocycles. The molecule has 1 aromatic rings. The highest BCUT2D eigenvalue weighted by Crippen LogP contribution is 2.52. The Kier molecular flexibility index (Phi) is 5.81. The van der Waals surface area contributed by atoms with E-state index in [-0.39, 0.29) is 27.1 Å². The van der Waals surface area contributed by atoms with Crippen LogP contribution in [0.3, 0.4) is 0 Å². The molecule has 0 amide bonds. The Morgan fingerprint density at radius 3 is 2.04 bits per heavy atom. The Hall–Kier alpha value is -0.870. The quantitative estimate of drug-likeness (QED) is 0.421. The monoisotopic (exact) mass is 410 g/mol. The van der Waals surface area contributed by atoms with E-state index in [4.69, 9.17) is 39.5 Å². The summed E-state index contributed by atoms with van der Waals surface area (Å²) in [6, 6.07) is 2.66. The summed E-state index contributed by atoms with van der Waals surface area (Å²) >= 11 is 17.6. The van der Waals surface area contributed by atoms with E-state index in [2.05, 4.69) is 4.52 Å². The molecule has 0 aliphatic heterocycles. The molecule has 3 atom stereocenters. The summed E-state index contributed by atoms with van der Waals surface area (Å²) < 4.78 is 9.51. The van der Waals surface area contributed by atoms with Crippen LogP contribution < -0.4 is 0 Å². The minimum absolute atomic E-state index is 0.0115. The van der Waals surface area contributed by atoms with Gasteiger partial charge in [0.2, 0.25) is 0 Å². The minimum atomic E-state index is -0.959. The van der Waals surface area contributed by atoms with Crippen LogP contribution in [0.1, 0.15) is 30.6 Å². The Morgan fingerprint density at radius 2 is 1.58 bits per heavy atom. The number of rotatable bonds is 3. The molecule has 0 heterocycles. The molecule has 0 saturated heterocycles. The van der Waals surface area contributed by atoms with E-state index in [0.717, 1.165) is 0 Å². The molecule has 130 valence electrons. The molecule has 9 heteroatoms. The first-order valence-corrected chi connectivity index (χ1v) is 8.51. The van der Waals surface area contributed by atoms with E-state index in [1.165, 1.54) is 12.1 Å². The predicted molar refractivity (Wildman–Crippen MR) is 93.1 cm³/mol. The van der Waals surface area contributed by atoms with Crippen molar-refractivity contribution in [1.82, 2.24) is 0 Å². The van der Waals surface area contributed by atoms with Gasteiger partial charge in [-0.15, -0.1) is 0 Å². The number of halogens is 3.